The van der Waals surface area contributed by atoms with E-state index in [-0.39, 0.29) is 23.3 Å². The van der Waals surface area contributed by atoms with Crippen LogP contribution in [0, 0.1) is 6.92 Å². The summed E-state index contributed by atoms with van der Waals surface area (Å²) in [6, 6.07) is 24.7. The molecule has 6 rings (SSSR count). The van der Waals surface area contributed by atoms with E-state index in [0.717, 1.165) is 10.6 Å². The Bertz CT molecular complexity index is 1850. The van der Waals surface area contributed by atoms with Crippen molar-refractivity contribution in [1.29, 1.82) is 0 Å². The van der Waals surface area contributed by atoms with Gasteiger partial charge < -0.3 is 14.6 Å². The van der Waals surface area contributed by atoms with Gasteiger partial charge in [-0.2, -0.15) is 0 Å². The number of aromatic nitrogens is 1. The highest BCUT2D eigenvalue weighted by Crippen LogP contribution is 2.43. The number of amides is 2. The van der Waals surface area contributed by atoms with Crippen LogP contribution >= 0.6 is 23.2 Å². The van der Waals surface area contributed by atoms with Crippen LogP contribution in [0.25, 0.3) is 16.6 Å². The first-order chi connectivity index (χ1) is 19.8. The zero-order chi connectivity index (χ0) is 28.8. The minimum Gasteiger partial charge on any atom is -0.462 e. The summed E-state index contributed by atoms with van der Waals surface area (Å²) in [5.74, 6) is -1.61. The van der Waals surface area contributed by atoms with Crippen molar-refractivity contribution in [3.8, 4) is 5.69 Å². The van der Waals surface area contributed by atoms with Crippen molar-refractivity contribution in [1.82, 2.24) is 4.57 Å². The third-order valence-corrected chi connectivity index (χ3v) is 7.53. The van der Waals surface area contributed by atoms with E-state index in [2.05, 4.69) is 5.32 Å². The number of hydrogen-bond donors (Lipinski definition) is 1. The molecule has 2 heterocycles. The van der Waals surface area contributed by atoms with Crippen LogP contribution in [0.3, 0.4) is 0 Å². The molecule has 0 aliphatic carbocycles. The fourth-order valence-corrected chi connectivity index (χ4v) is 5.55. The van der Waals surface area contributed by atoms with E-state index in [4.69, 9.17) is 27.9 Å². The molecular formula is C32H23Cl2N3O4. The van der Waals surface area contributed by atoms with Crippen LogP contribution in [0.5, 0.6) is 0 Å². The molecule has 41 heavy (non-hydrogen) atoms. The van der Waals surface area contributed by atoms with E-state index in [9.17, 15) is 14.4 Å². The van der Waals surface area contributed by atoms with Crippen LogP contribution in [-0.4, -0.2) is 29.0 Å². The summed E-state index contributed by atoms with van der Waals surface area (Å²) in [5, 5.41) is 4.77. The number of hydrogen-bond acceptors (Lipinski definition) is 5. The Balaban J connectivity index is 1.70. The fraction of sp³-hybridized carbons (Fsp3) is 0.0938. The van der Waals surface area contributed by atoms with E-state index >= 15 is 0 Å². The Morgan fingerprint density at radius 1 is 0.829 bits per heavy atom. The van der Waals surface area contributed by atoms with E-state index in [1.54, 1.807) is 80.6 Å². The first kappa shape index (κ1) is 26.6. The fourth-order valence-electron chi connectivity index (χ4n) is 5.30. The molecule has 4 aromatic carbocycles. The van der Waals surface area contributed by atoms with Gasteiger partial charge in [0.05, 0.1) is 40.2 Å². The van der Waals surface area contributed by atoms with Crippen molar-refractivity contribution in [3.63, 3.8) is 0 Å². The lowest BCUT2D eigenvalue weighted by Crippen LogP contribution is -2.29. The number of nitrogens with one attached hydrogen (secondary N) is 1. The molecule has 0 bridgehead atoms. The highest BCUT2D eigenvalue weighted by molar-refractivity contribution is 6.40. The highest BCUT2D eigenvalue weighted by atomic mass is 35.5. The third-order valence-electron chi connectivity index (χ3n) is 7.03. The largest absolute Gasteiger partial charge is 0.462 e. The van der Waals surface area contributed by atoms with Crippen molar-refractivity contribution >= 4 is 69.0 Å². The van der Waals surface area contributed by atoms with Gasteiger partial charge in [-0.25, -0.2) is 9.69 Å². The quantitative estimate of drug-likeness (QED) is 0.162. The van der Waals surface area contributed by atoms with Gasteiger partial charge in [0.25, 0.3) is 11.8 Å². The molecule has 1 aliphatic rings. The second-order valence-corrected chi connectivity index (χ2v) is 10.3. The van der Waals surface area contributed by atoms with Gasteiger partial charge in [0.2, 0.25) is 0 Å². The molecule has 5 aromatic rings. The number of fused-ring (bicyclic) bond motifs is 3. The minimum absolute atomic E-state index is 0.131. The molecule has 0 saturated heterocycles. The molecule has 1 N–H and O–H groups in total. The van der Waals surface area contributed by atoms with Gasteiger partial charge in [0.1, 0.15) is 0 Å². The Morgan fingerprint density at radius 3 is 2.07 bits per heavy atom. The number of halogens is 2. The maximum absolute atomic E-state index is 14.2. The molecule has 7 nitrogen and oxygen atoms in total. The lowest BCUT2D eigenvalue weighted by atomic mass is 9.98. The summed E-state index contributed by atoms with van der Waals surface area (Å²) in [5.41, 5.74) is 3.87. The molecular weight excluding hydrogens is 561 g/mol. The van der Waals surface area contributed by atoms with Crippen molar-refractivity contribution in [2.45, 2.75) is 13.8 Å². The molecule has 0 unspecified atom stereocenters. The second kappa shape index (κ2) is 10.4. The predicted octanol–water partition coefficient (Wildman–Crippen LogP) is 7.97. The summed E-state index contributed by atoms with van der Waals surface area (Å²) in [6.07, 6.45) is 0. The number of imide groups is 1. The molecule has 0 saturated carbocycles. The van der Waals surface area contributed by atoms with Crippen molar-refractivity contribution in [2.24, 2.45) is 0 Å². The number of benzene rings is 4. The number of para-hydroxylation sites is 1. The van der Waals surface area contributed by atoms with E-state index in [0.29, 0.717) is 43.7 Å². The van der Waals surface area contributed by atoms with Crippen molar-refractivity contribution in [3.05, 3.63) is 117 Å². The van der Waals surface area contributed by atoms with Gasteiger partial charge in [-0.1, -0.05) is 41.4 Å². The number of ether oxygens (including phenoxy) is 1. The highest BCUT2D eigenvalue weighted by Gasteiger charge is 2.43. The molecule has 0 radical (unpaired) electrons. The van der Waals surface area contributed by atoms with Crippen LogP contribution in [0.1, 0.15) is 43.7 Å². The number of anilines is 3. The number of carbonyl (C=O) groups excluding carboxylic acids is 3. The lowest BCUT2D eigenvalue weighted by molar-refractivity contribution is 0.0527. The monoisotopic (exact) mass is 583 g/mol. The summed E-state index contributed by atoms with van der Waals surface area (Å²) in [4.78, 5) is 42.8. The van der Waals surface area contributed by atoms with Crippen LogP contribution < -0.4 is 10.2 Å². The minimum atomic E-state index is -0.582. The third kappa shape index (κ3) is 4.43. The van der Waals surface area contributed by atoms with Crippen LogP contribution in [0.15, 0.2) is 84.9 Å². The normalized spacial score (nSPS) is 12.6. The zero-order valence-corrected chi connectivity index (χ0v) is 23.6. The summed E-state index contributed by atoms with van der Waals surface area (Å²) >= 11 is 12.3. The molecule has 0 fully saturated rings. The van der Waals surface area contributed by atoms with Crippen LogP contribution in [0.2, 0.25) is 10.0 Å². The Hall–Kier alpha value is -4.59. The number of esters is 1. The molecule has 0 spiro atoms. The summed E-state index contributed by atoms with van der Waals surface area (Å²) in [7, 11) is 0. The number of rotatable bonds is 6. The van der Waals surface area contributed by atoms with Gasteiger partial charge in [0.15, 0.2) is 0 Å². The topological polar surface area (TPSA) is 80.6 Å². The van der Waals surface area contributed by atoms with Gasteiger partial charge in [-0.05, 0) is 80.6 Å². The Morgan fingerprint density at radius 2 is 1.44 bits per heavy atom. The Kier molecular flexibility index (Phi) is 6.77. The number of carbonyl (C=O) groups is 3. The van der Waals surface area contributed by atoms with E-state index in [1.165, 1.54) is 0 Å². The molecule has 204 valence electrons. The maximum Gasteiger partial charge on any atom is 0.340 e. The number of nitrogens with zero attached hydrogens (tertiary/aromatic N) is 2. The SMILES string of the molecule is CCOC(=O)c1c(C)n(-c2ccc(Cl)cc2)c2cc(Nc3ccc(Cl)cc3)c3c(c12)C(=O)N(c1ccccc1)C3=O. The zero-order valence-electron chi connectivity index (χ0n) is 22.1. The summed E-state index contributed by atoms with van der Waals surface area (Å²) in [6.45, 7) is 3.65. The second-order valence-electron chi connectivity index (χ2n) is 9.47. The van der Waals surface area contributed by atoms with E-state index < -0.39 is 17.8 Å². The average molecular weight is 584 g/mol. The van der Waals surface area contributed by atoms with E-state index in [1.807, 2.05) is 22.8 Å². The molecule has 2 amide bonds. The first-order valence-electron chi connectivity index (χ1n) is 12.9. The van der Waals surface area contributed by atoms with Crippen LogP contribution in [-0.2, 0) is 4.74 Å². The van der Waals surface area contributed by atoms with Crippen molar-refractivity contribution < 1.29 is 19.1 Å². The Labute approximate surface area is 245 Å². The molecule has 1 aromatic heterocycles. The smallest absolute Gasteiger partial charge is 0.340 e. The van der Waals surface area contributed by atoms with Crippen molar-refractivity contribution in [2.75, 3.05) is 16.8 Å². The van der Waals surface area contributed by atoms with Gasteiger partial charge in [0, 0.05) is 32.5 Å². The lowest BCUT2D eigenvalue weighted by Gasteiger charge is -2.14. The van der Waals surface area contributed by atoms with Crippen LogP contribution in [0.4, 0.5) is 17.1 Å². The average Bonchev–Trinajstić information content (AvgIpc) is 3.40. The first-order valence-corrected chi connectivity index (χ1v) is 13.7. The molecule has 9 heteroatoms. The molecule has 1 aliphatic heterocycles. The van der Waals surface area contributed by atoms with Gasteiger partial charge in [-0.3, -0.25) is 9.59 Å². The van der Waals surface area contributed by atoms with Gasteiger partial charge in [-0.15, -0.1) is 0 Å². The van der Waals surface area contributed by atoms with Gasteiger partial charge >= 0.3 is 5.97 Å². The summed E-state index contributed by atoms with van der Waals surface area (Å²) < 4.78 is 7.31. The maximum atomic E-state index is 14.2. The molecule has 0 atom stereocenters. The standard InChI is InChI=1S/C32H23Cl2N3O4/c1-3-41-32(40)26-18(2)36(23-15-11-20(34)12-16-23)25-17-24(35-21-13-9-19(33)10-14-21)27-29(28(25)26)31(39)37(30(27)38)22-7-5-4-6-8-22/h4-17,35H,3H2,1-2H3. The predicted molar refractivity (Wildman–Crippen MR) is 161 cm³/mol.